The second-order valence-corrected chi connectivity index (χ2v) is 10.2. The highest BCUT2D eigenvalue weighted by atomic mass is 35.5. The van der Waals surface area contributed by atoms with Crippen molar-refractivity contribution in [3.63, 3.8) is 0 Å². The molecule has 1 saturated heterocycles. The van der Waals surface area contributed by atoms with E-state index >= 15 is 0 Å². The van der Waals surface area contributed by atoms with Crippen molar-refractivity contribution in [3.8, 4) is 5.88 Å². The van der Waals surface area contributed by atoms with Crippen LogP contribution in [0.15, 0.2) is 36.5 Å². The molecule has 3 aromatic heterocycles. The summed E-state index contributed by atoms with van der Waals surface area (Å²) in [6, 6.07) is 9.04. The number of aliphatic hydroxyl groups is 1. The molecule has 1 aliphatic heterocycles. The summed E-state index contributed by atoms with van der Waals surface area (Å²) in [6.45, 7) is 4.55. The third-order valence-electron chi connectivity index (χ3n) is 7.26. The molecule has 0 aliphatic carbocycles. The molecule has 0 spiro atoms. The van der Waals surface area contributed by atoms with E-state index < -0.39 is 11.5 Å². The Bertz CT molecular complexity index is 1500. The predicted molar refractivity (Wildman–Crippen MR) is 140 cm³/mol. The molecule has 0 amide bonds. The monoisotopic (exact) mass is 542 g/mol. The van der Waals surface area contributed by atoms with E-state index in [9.17, 15) is 13.9 Å². The minimum Gasteiger partial charge on any atom is -0.481 e. The minimum absolute atomic E-state index is 0.201. The third-order valence-corrected chi connectivity index (χ3v) is 7.69. The zero-order valence-corrected chi connectivity index (χ0v) is 22.4. The number of nitrogens with zero attached hydrogens (tertiary/aromatic N) is 6. The number of rotatable bonds is 6. The van der Waals surface area contributed by atoms with Gasteiger partial charge in [0.25, 0.3) is 5.92 Å². The Morgan fingerprint density at radius 1 is 1.13 bits per heavy atom. The Morgan fingerprint density at radius 2 is 1.87 bits per heavy atom. The lowest BCUT2D eigenvalue weighted by molar-refractivity contribution is -0.0567. The fourth-order valence-electron chi connectivity index (χ4n) is 5.16. The van der Waals surface area contributed by atoms with Crippen LogP contribution in [-0.4, -0.2) is 61.1 Å². The number of methoxy groups -OCH3 is 1. The van der Waals surface area contributed by atoms with Crippen LogP contribution in [0.2, 0.25) is 5.02 Å². The largest absolute Gasteiger partial charge is 0.481 e. The molecule has 1 N–H and O–H groups in total. The van der Waals surface area contributed by atoms with Crippen molar-refractivity contribution in [3.05, 3.63) is 75.3 Å². The van der Waals surface area contributed by atoms with Crippen LogP contribution in [0.5, 0.6) is 5.88 Å². The van der Waals surface area contributed by atoms with Crippen LogP contribution < -0.4 is 4.74 Å². The van der Waals surface area contributed by atoms with Gasteiger partial charge in [0, 0.05) is 67.4 Å². The van der Waals surface area contributed by atoms with Crippen LogP contribution in [0.1, 0.15) is 46.6 Å². The van der Waals surface area contributed by atoms with Crippen LogP contribution in [-0.2, 0) is 19.2 Å². The van der Waals surface area contributed by atoms with Crippen molar-refractivity contribution in [2.24, 2.45) is 7.05 Å². The van der Waals surface area contributed by atoms with Gasteiger partial charge in [-0.1, -0.05) is 28.9 Å². The van der Waals surface area contributed by atoms with E-state index in [2.05, 4.69) is 20.3 Å². The molecule has 4 aromatic rings. The summed E-state index contributed by atoms with van der Waals surface area (Å²) < 4.78 is 34.5. The summed E-state index contributed by atoms with van der Waals surface area (Å²) in [6.07, 6.45) is 1.12. The second kappa shape index (κ2) is 9.83. The summed E-state index contributed by atoms with van der Waals surface area (Å²) in [5.41, 5.74) is 2.61. The first kappa shape index (κ1) is 26.4. The standard InChI is InChI=1S/C27H29ClF2N6O2/c1-16-5-7-21(17(2)32-16)27(37,23-14-31-34-35(23)3)18-6-8-22-19(13-18)24(28)20(25(33-22)38-4)15-36-11-9-26(29,30)10-12-36/h5-8,13-14,37H,9-12,15H2,1-4H3. The van der Waals surface area contributed by atoms with E-state index in [-0.39, 0.29) is 25.9 Å². The van der Waals surface area contributed by atoms with Crippen LogP contribution in [0, 0.1) is 13.8 Å². The topological polar surface area (TPSA) is 89.2 Å². The Balaban J connectivity index is 1.65. The lowest BCUT2D eigenvalue weighted by atomic mass is 9.82. The zero-order chi connectivity index (χ0) is 27.2. The highest BCUT2D eigenvalue weighted by Gasteiger charge is 2.39. The van der Waals surface area contributed by atoms with Gasteiger partial charge >= 0.3 is 0 Å². The minimum atomic E-state index is -2.64. The van der Waals surface area contributed by atoms with Gasteiger partial charge in [0.2, 0.25) is 5.88 Å². The predicted octanol–water partition coefficient (Wildman–Crippen LogP) is 4.55. The highest BCUT2D eigenvalue weighted by Crippen LogP contribution is 2.41. The first-order valence-corrected chi connectivity index (χ1v) is 12.7. The van der Waals surface area contributed by atoms with E-state index in [0.29, 0.717) is 56.4 Å². The number of aryl methyl sites for hydroxylation is 3. The first-order valence-electron chi connectivity index (χ1n) is 12.3. The van der Waals surface area contributed by atoms with Gasteiger partial charge in [-0.2, -0.15) is 0 Å². The summed E-state index contributed by atoms with van der Waals surface area (Å²) in [7, 11) is 3.22. The van der Waals surface area contributed by atoms with Gasteiger partial charge in [-0.15, -0.1) is 5.10 Å². The third kappa shape index (κ3) is 4.61. The molecular formula is C27H29ClF2N6O2. The smallest absolute Gasteiger partial charge is 0.250 e. The molecule has 0 saturated carbocycles. The maximum atomic E-state index is 13.7. The van der Waals surface area contributed by atoms with E-state index in [1.54, 1.807) is 25.2 Å². The normalized spacial score (nSPS) is 17.5. The number of hydrogen-bond donors (Lipinski definition) is 1. The van der Waals surface area contributed by atoms with Gasteiger partial charge in [-0.25, -0.2) is 18.4 Å². The Hall–Kier alpha value is -3.21. The summed E-state index contributed by atoms with van der Waals surface area (Å²) in [5.74, 6) is -2.30. The Labute approximate surface area is 224 Å². The molecule has 0 radical (unpaired) electrons. The molecule has 4 heterocycles. The van der Waals surface area contributed by atoms with E-state index in [4.69, 9.17) is 16.3 Å². The maximum Gasteiger partial charge on any atom is 0.250 e. The van der Waals surface area contributed by atoms with Crippen LogP contribution in [0.25, 0.3) is 10.9 Å². The van der Waals surface area contributed by atoms with Crippen LogP contribution in [0.4, 0.5) is 8.78 Å². The molecule has 38 heavy (non-hydrogen) atoms. The van der Waals surface area contributed by atoms with E-state index in [0.717, 1.165) is 5.69 Å². The molecule has 5 rings (SSSR count). The molecule has 1 aliphatic rings. The molecular weight excluding hydrogens is 514 g/mol. The second-order valence-electron chi connectivity index (χ2n) is 9.82. The van der Waals surface area contributed by atoms with Gasteiger partial charge in [0.1, 0.15) is 0 Å². The number of likely N-dealkylation sites (tertiary alicyclic amines) is 1. The number of aromatic nitrogens is 5. The van der Waals surface area contributed by atoms with Gasteiger partial charge in [-0.05, 0) is 37.6 Å². The van der Waals surface area contributed by atoms with E-state index in [1.807, 2.05) is 30.9 Å². The molecule has 0 bridgehead atoms. The van der Waals surface area contributed by atoms with Gasteiger partial charge in [0.05, 0.1) is 29.5 Å². The fourth-order valence-corrected chi connectivity index (χ4v) is 5.46. The number of fused-ring (bicyclic) bond motifs is 1. The lowest BCUT2D eigenvalue weighted by Gasteiger charge is -2.32. The van der Waals surface area contributed by atoms with Crippen LogP contribution in [0.3, 0.4) is 0 Å². The quantitative estimate of drug-likeness (QED) is 0.382. The van der Waals surface area contributed by atoms with Gasteiger partial charge in [-0.3, -0.25) is 9.88 Å². The van der Waals surface area contributed by atoms with Crippen molar-refractivity contribution >= 4 is 22.5 Å². The molecule has 200 valence electrons. The zero-order valence-electron chi connectivity index (χ0n) is 21.7. The van der Waals surface area contributed by atoms with E-state index in [1.165, 1.54) is 18.0 Å². The summed E-state index contributed by atoms with van der Waals surface area (Å²) >= 11 is 6.96. The van der Waals surface area contributed by atoms with Gasteiger partial charge in [0.15, 0.2) is 5.60 Å². The molecule has 8 nitrogen and oxygen atoms in total. The maximum absolute atomic E-state index is 13.7. The number of benzene rings is 1. The van der Waals surface area contributed by atoms with Crippen molar-refractivity contribution in [2.75, 3.05) is 20.2 Å². The average Bonchev–Trinajstić information content (AvgIpc) is 3.32. The molecule has 1 fully saturated rings. The van der Waals surface area contributed by atoms with Gasteiger partial charge < -0.3 is 9.84 Å². The van der Waals surface area contributed by atoms with Crippen molar-refractivity contribution in [1.29, 1.82) is 0 Å². The number of halogens is 3. The molecule has 1 aromatic carbocycles. The molecule has 1 unspecified atom stereocenters. The number of ether oxygens (including phenoxy) is 1. The number of hydrogen-bond acceptors (Lipinski definition) is 7. The first-order chi connectivity index (χ1) is 18.0. The summed E-state index contributed by atoms with van der Waals surface area (Å²) in [4.78, 5) is 11.1. The van der Waals surface area contributed by atoms with Crippen molar-refractivity contribution in [1.82, 2.24) is 29.9 Å². The Morgan fingerprint density at radius 3 is 2.50 bits per heavy atom. The number of alkyl halides is 2. The van der Waals surface area contributed by atoms with Crippen LogP contribution >= 0.6 is 11.6 Å². The highest BCUT2D eigenvalue weighted by molar-refractivity contribution is 6.36. The number of piperidine rings is 1. The van der Waals surface area contributed by atoms with Crippen molar-refractivity contribution < 1.29 is 18.6 Å². The summed E-state index contributed by atoms with van der Waals surface area (Å²) in [5, 5.41) is 21.4. The fraction of sp³-hybridized carbons (Fsp3) is 0.407. The molecule has 1 atom stereocenters. The van der Waals surface area contributed by atoms with Crippen molar-refractivity contribution in [2.45, 2.75) is 44.8 Å². The average molecular weight is 543 g/mol. The lowest BCUT2D eigenvalue weighted by Crippen LogP contribution is -2.39. The Kier molecular flexibility index (Phi) is 6.83. The molecule has 11 heteroatoms. The SMILES string of the molecule is COc1nc2ccc(C(O)(c3ccc(C)nc3C)c3cnnn3C)cc2c(Cl)c1CN1CCC(F)(F)CC1. The number of pyridine rings is 2.